The van der Waals surface area contributed by atoms with Crippen LogP contribution in [0.4, 0.5) is 4.79 Å². The molecule has 4 N–H and O–H groups in total. The van der Waals surface area contributed by atoms with Crippen LogP contribution in [0.15, 0.2) is 23.9 Å². The van der Waals surface area contributed by atoms with Crippen LogP contribution < -0.4 is 10.6 Å². The summed E-state index contributed by atoms with van der Waals surface area (Å²) in [6.07, 6.45) is 1.39. The Kier molecular flexibility index (Phi) is 2.24. The van der Waals surface area contributed by atoms with Gasteiger partial charge in [0.15, 0.2) is 11.5 Å². The Labute approximate surface area is 90.2 Å². The molecule has 1 aromatic carbocycles. The van der Waals surface area contributed by atoms with Crippen LogP contribution in [0.25, 0.3) is 6.08 Å². The number of hydrogen-bond acceptors (Lipinski definition) is 4. The van der Waals surface area contributed by atoms with Crippen LogP contribution in [0.2, 0.25) is 0 Å². The average Bonchev–Trinajstić information content (AvgIpc) is 2.51. The van der Waals surface area contributed by atoms with E-state index in [2.05, 4.69) is 5.32 Å². The predicted molar refractivity (Wildman–Crippen MR) is 54.4 cm³/mol. The van der Waals surface area contributed by atoms with Crippen molar-refractivity contribution in [3.8, 4) is 11.5 Å². The highest BCUT2D eigenvalue weighted by atomic mass is 16.3. The van der Waals surface area contributed by atoms with E-state index in [-0.39, 0.29) is 17.2 Å². The van der Waals surface area contributed by atoms with E-state index < -0.39 is 11.9 Å². The predicted octanol–water partition coefficient (Wildman–Crippen LogP) is 0.278. The fourth-order valence-corrected chi connectivity index (χ4v) is 1.28. The first-order valence-corrected chi connectivity index (χ1v) is 4.42. The number of imide groups is 1. The zero-order valence-corrected chi connectivity index (χ0v) is 8.02. The van der Waals surface area contributed by atoms with Crippen LogP contribution in [0, 0.1) is 0 Å². The van der Waals surface area contributed by atoms with Gasteiger partial charge in [-0.05, 0) is 23.8 Å². The maximum atomic E-state index is 11.2. The fraction of sp³-hybridized carbons (Fsp3) is 0. The van der Waals surface area contributed by atoms with Crippen molar-refractivity contribution in [1.82, 2.24) is 10.6 Å². The zero-order chi connectivity index (χ0) is 11.7. The Morgan fingerprint density at radius 2 is 1.81 bits per heavy atom. The Morgan fingerprint density at radius 3 is 2.38 bits per heavy atom. The van der Waals surface area contributed by atoms with Gasteiger partial charge in [-0.1, -0.05) is 6.07 Å². The molecular weight excluding hydrogens is 212 g/mol. The van der Waals surface area contributed by atoms with Gasteiger partial charge >= 0.3 is 6.03 Å². The van der Waals surface area contributed by atoms with Crippen molar-refractivity contribution in [3.63, 3.8) is 0 Å². The molecule has 0 radical (unpaired) electrons. The van der Waals surface area contributed by atoms with Gasteiger partial charge in [-0.3, -0.25) is 10.1 Å². The van der Waals surface area contributed by atoms with E-state index in [0.717, 1.165) is 0 Å². The van der Waals surface area contributed by atoms with Crippen molar-refractivity contribution in [1.29, 1.82) is 0 Å². The van der Waals surface area contributed by atoms with Crippen LogP contribution in [-0.2, 0) is 4.79 Å². The standard InChI is InChI=1S/C10H8N2O4/c13-7-2-1-5(4-8(7)14)3-6-9(15)12-10(16)11-6/h1-4,13-14H,(H2,11,12,15,16). The topological polar surface area (TPSA) is 98.7 Å². The second-order valence-corrected chi connectivity index (χ2v) is 3.21. The van der Waals surface area contributed by atoms with Crippen molar-refractivity contribution in [2.45, 2.75) is 0 Å². The summed E-state index contributed by atoms with van der Waals surface area (Å²) in [5.41, 5.74) is 0.581. The zero-order valence-electron chi connectivity index (χ0n) is 8.02. The van der Waals surface area contributed by atoms with Crippen LogP contribution >= 0.6 is 0 Å². The summed E-state index contributed by atoms with van der Waals surface area (Å²) in [5, 5.41) is 22.7. The lowest BCUT2D eigenvalue weighted by molar-refractivity contribution is -0.115. The molecule has 1 fully saturated rings. The summed E-state index contributed by atoms with van der Waals surface area (Å²) in [4.78, 5) is 22.0. The van der Waals surface area contributed by atoms with E-state index in [1.54, 1.807) is 0 Å². The highest BCUT2D eigenvalue weighted by molar-refractivity contribution is 6.13. The molecule has 0 saturated carbocycles. The minimum absolute atomic E-state index is 0.0927. The summed E-state index contributed by atoms with van der Waals surface area (Å²) in [7, 11) is 0. The largest absolute Gasteiger partial charge is 0.504 e. The summed E-state index contributed by atoms with van der Waals surface area (Å²) < 4.78 is 0. The normalized spacial score (nSPS) is 17.4. The lowest BCUT2D eigenvalue weighted by atomic mass is 10.1. The van der Waals surface area contributed by atoms with Crippen molar-refractivity contribution >= 4 is 18.0 Å². The number of carbonyl (C=O) groups excluding carboxylic acids is 2. The molecule has 16 heavy (non-hydrogen) atoms. The lowest BCUT2D eigenvalue weighted by Gasteiger charge is -1.99. The number of benzene rings is 1. The van der Waals surface area contributed by atoms with Gasteiger partial charge in [-0.2, -0.15) is 0 Å². The SMILES string of the molecule is O=C1NC(=O)C(=Cc2ccc(O)c(O)c2)N1. The molecule has 0 aromatic heterocycles. The minimum Gasteiger partial charge on any atom is -0.504 e. The maximum absolute atomic E-state index is 11.2. The van der Waals surface area contributed by atoms with E-state index >= 15 is 0 Å². The third kappa shape index (κ3) is 1.81. The number of rotatable bonds is 1. The van der Waals surface area contributed by atoms with Crippen LogP contribution in [0.1, 0.15) is 5.56 Å². The smallest absolute Gasteiger partial charge is 0.326 e. The minimum atomic E-state index is -0.584. The Bertz CT molecular complexity index is 508. The van der Waals surface area contributed by atoms with Crippen LogP contribution in [0.5, 0.6) is 11.5 Å². The molecule has 1 saturated heterocycles. The highest BCUT2D eigenvalue weighted by Gasteiger charge is 2.22. The molecule has 1 aliphatic heterocycles. The molecule has 0 spiro atoms. The fourth-order valence-electron chi connectivity index (χ4n) is 1.28. The van der Waals surface area contributed by atoms with Crippen LogP contribution in [-0.4, -0.2) is 22.2 Å². The molecule has 0 unspecified atom stereocenters. The number of aromatic hydroxyl groups is 2. The third-order valence-corrected chi connectivity index (χ3v) is 2.03. The molecule has 1 heterocycles. The van der Waals surface area contributed by atoms with Gasteiger partial charge in [0, 0.05) is 0 Å². The number of hydrogen-bond donors (Lipinski definition) is 4. The van der Waals surface area contributed by atoms with Gasteiger partial charge in [0.25, 0.3) is 5.91 Å². The molecule has 1 aromatic rings. The number of phenolic OH excluding ortho intramolecular Hbond substituents is 2. The quantitative estimate of drug-likeness (QED) is 0.310. The number of urea groups is 1. The van der Waals surface area contributed by atoms with Crippen molar-refractivity contribution in [2.24, 2.45) is 0 Å². The number of carbonyl (C=O) groups is 2. The second-order valence-electron chi connectivity index (χ2n) is 3.21. The monoisotopic (exact) mass is 220 g/mol. The maximum Gasteiger partial charge on any atom is 0.326 e. The van der Waals surface area contributed by atoms with Gasteiger partial charge in [-0.15, -0.1) is 0 Å². The van der Waals surface area contributed by atoms with Gasteiger partial charge in [-0.25, -0.2) is 4.79 Å². The van der Waals surface area contributed by atoms with E-state index in [4.69, 9.17) is 5.11 Å². The molecule has 6 nitrogen and oxygen atoms in total. The molecule has 0 bridgehead atoms. The van der Waals surface area contributed by atoms with Gasteiger partial charge in [0.05, 0.1) is 0 Å². The molecule has 1 aliphatic rings. The summed E-state index contributed by atoms with van der Waals surface area (Å²) in [6, 6.07) is 3.48. The number of nitrogens with one attached hydrogen (secondary N) is 2. The van der Waals surface area contributed by atoms with E-state index in [1.165, 1.54) is 24.3 Å². The van der Waals surface area contributed by atoms with Gasteiger partial charge in [0.1, 0.15) is 5.70 Å². The molecule has 0 atom stereocenters. The van der Waals surface area contributed by atoms with Crippen molar-refractivity contribution < 1.29 is 19.8 Å². The number of amides is 3. The van der Waals surface area contributed by atoms with E-state index in [1.807, 2.05) is 5.32 Å². The third-order valence-electron chi connectivity index (χ3n) is 2.03. The summed E-state index contributed by atoms with van der Waals surface area (Å²) in [5.74, 6) is -1.07. The van der Waals surface area contributed by atoms with Gasteiger partial charge in [0.2, 0.25) is 0 Å². The molecule has 3 amide bonds. The Morgan fingerprint density at radius 1 is 1.06 bits per heavy atom. The van der Waals surface area contributed by atoms with Crippen molar-refractivity contribution in [3.05, 3.63) is 29.5 Å². The number of phenols is 2. The first-order chi connectivity index (χ1) is 7.56. The average molecular weight is 220 g/mol. The molecule has 6 heteroatoms. The molecule has 0 aliphatic carbocycles. The lowest BCUT2D eigenvalue weighted by Crippen LogP contribution is -2.22. The first-order valence-electron chi connectivity index (χ1n) is 4.42. The van der Waals surface area contributed by atoms with Crippen LogP contribution in [0.3, 0.4) is 0 Å². The van der Waals surface area contributed by atoms with Gasteiger partial charge < -0.3 is 15.5 Å². The Hall–Kier alpha value is -2.50. The highest BCUT2D eigenvalue weighted by Crippen LogP contribution is 2.25. The first kappa shape index (κ1) is 10.0. The molecule has 82 valence electrons. The van der Waals surface area contributed by atoms with E-state index in [0.29, 0.717) is 5.56 Å². The van der Waals surface area contributed by atoms with Crippen molar-refractivity contribution in [2.75, 3.05) is 0 Å². The van der Waals surface area contributed by atoms with E-state index in [9.17, 15) is 14.7 Å². The second kappa shape index (κ2) is 3.58. The summed E-state index contributed by atoms with van der Waals surface area (Å²) in [6.45, 7) is 0. The summed E-state index contributed by atoms with van der Waals surface area (Å²) >= 11 is 0. The molecular formula is C10H8N2O4. The molecule has 2 rings (SSSR count). The Balaban J connectivity index is 2.32.